The Bertz CT molecular complexity index is 807. The number of halogens is 1. The van der Waals surface area contributed by atoms with Crippen molar-refractivity contribution in [3.63, 3.8) is 0 Å². The van der Waals surface area contributed by atoms with Crippen LogP contribution < -0.4 is 5.32 Å². The molecule has 1 unspecified atom stereocenters. The van der Waals surface area contributed by atoms with Crippen molar-refractivity contribution in [3.05, 3.63) is 52.6 Å². The Hall–Kier alpha value is -2.41. The molecule has 6 nitrogen and oxygen atoms in total. The summed E-state index contributed by atoms with van der Waals surface area (Å²) >= 11 is 3.29. The highest BCUT2D eigenvalue weighted by Gasteiger charge is 2.28. The summed E-state index contributed by atoms with van der Waals surface area (Å²) in [6.07, 6.45) is 6.48. The Balaban J connectivity index is 1.82. The van der Waals surface area contributed by atoms with Crippen molar-refractivity contribution in [3.8, 4) is 5.75 Å². The van der Waals surface area contributed by atoms with Crippen molar-refractivity contribution < 1.29 is 14.6 Å². The molecule has 0 bridgehead atoms. The van der Waals surface area contributed by atoms with E-state index < -0.39 is 12.0 Å². The number of carbonyl (C=O) groups excluding carboxylic acids is 1. The summed E-state index contributed by atoms with van der Waals surface area (Å²) in [5.74, 6) is 0.00749. The van der Waals surface area contributed by atoms with Crippen LogP contribution in [0.5, 0.6) is 5.75 Å². The van der Waals surface area contributed by atoms with Gasteiger partial charge in [-0.3, -0.25) is 5.41 Å². The number of hydrogen-bond donors (Lipinski definition) is 3. The van der Waals surface area contributed by atoms with Crippen LogP contribution in [0.1, 0.15) is 43.7 Å². The lowest BCUT2D eigenvalue weighted by molar-refractivity contribution is -0.142. The van der Waals surface area contributed by atoms with Gasteiger partial charge in [-0.15, -0.1) is 0 Å². The second kappa shape index (κ2) is 8.99. The fraction of sp³-hybridized carbons (Fsp3) is 0.350. The second-order valence-electron chi connectivity index (χ2n) is 6.58. The maximum Gasteiger partial charge on any atom is 0.354 e. The summed E-state index contributed by atoms with van der Waals surface area (Å²) in [6, 6.07) is 9.51. The number of hydrogen-bond acceptors (Lipinski definition) is 6. The number of nitrogens with zero attached hydrogens (tertiary/aromatic N) is 1. The lowest BCUT2D eigenvalue weighted by Crippen LogP contribution is -2.32. The molecule has 1 fully saturated rings. The fourth-order valence-electron chi connectivity index (χ4n) is 3.14. The molecule has 0 saturated heterocycles. The number of phenolic OH excluding ortho intramolecular Hbond substituents is 1. The van der Waals surface area contributed by atoms with Gasteiger partial charge in [0.25, 0.3) is 0 Å². The number of aromatic nitrogens is 1. The van der Waals surface area contributed by atoms with E-state index >= 15 is 0 Å². The highest BCUT2D eigenvalue weighted by atomic mass is 79.9. The molecule has 1 aromatic heterocycles. The van der Waals surface area contributed by atoms with Crippen molar-refractivity contribution in [2.24, 2.45) is 0 Å². The van der Waals surface area contributed by atoms with Crippen molar-refractivity contribution in [2.45, 2.75) is 44.2 Å². The third kappa shape index (κ3) is 5.07. The quantitative estimate of drug-likeness (QED) is 0.458. The van der Waals surface area contributed by atoms with Gasteiger partial charge in [-0.25, -0.2) is 9.78 Å². The number of ether oxygens (including phenoxy) is 1. The van der Waals surface area contributed by atoms with Crippen LogP contribution in [0.3, 0.4) is 0 Å². The van der Waals surface area contributed by atoms with E-state index in [2.05, 4.69) is 26.2 Å². The molecule has 1 aliphatic carbocycles. The van der Waals surface area contributed by atoms with E-state index in [0.29, 0.717) is 15.9 Å². The van der Waals surface area contributed by atoms with E-state index in [0.717, 1.165) is 32.1 Å². The molecular weight excluding hydrogens is 410 g/mol. The molecule has 0 spiro atoms. The summed E-state index contributed by atoms with van der Waals surface area (Å²) in [7, 11) is 0. The maximum absolute atomic E-state index is 12.6. The van der Waals surface area contributed by atoms with Crippen molar-refractivity contribution in [2.75, 3.05) is 5.32 Å². The number of rotatable bonds is 6. The van der Waals surface area contributed by atoms with Crippen LogP contribution in [0.25, 0.3) is 0 Å². The van der Waals surface area contributed by atoms with Gasteiger partial charge in [0.2, 0.25) is 0 Å². The Morgan fingerprint density at radius 3 is 2.70 bits per heavy atom. The molecule has 1 aliphatic rings. The lowest BCUT2D eigenvalue weighted by Gasteiger charge is -2.25. The summed E-state index contributed by atoms with van der Waals surface area (Å²) in [5, 5.41) is 21.3. The second-order valence-corrected chi connectivity index (χ2v) is 7.44. The van der Waals surface area contributed by atoms with E-state index in [9.17, 15) is 9.90 Å². The Morgan fingerprint density at radius 1 is 1.26 bits per heavy atom. The van der Waals surface area contributed by atoms with Gasteiger partial charge in [0.15, 0.2) is 0 Å². The molecule has 1 aromatic carbocycles. The predicted molar refractivity (Wildman–Crippen MR) is 107 cm³/mol. The topological polar surface area (TPSA) is 95.3 Å². The van der Waals surface area contributed by atoms with Crippen LogP contribution in [0.15, 0.2) is 47.1 Å². The van der Waals surface area contributed by atoms with Gasteiger partial charge in [0.05, 0.1) is 4.47 Å². The van der Waals surface area contributed by atoms with Gasteiger partial charge in [-0.05, 0) is 71.4 Å². The maximum atomic E-state index is 12.6. The number of anilines is 1. The molecule has 0 amide bonds. The highest BCUT2D eigenvalue weighted by Crippen LogP contribution is 2.29. The minimum absolute atomic E-state index is 0.0895. The summed E-state index contributed by atoms with van der Waals surface area (Å²) in [6.45, 7) is 0. The van der Waals surface area contributed by atoms with Crippen molar-refractivity contribution >= 4 is 33.4 Å². The van der Waals surface area contributed by atoms with Gasteiger partial charge in [-0.2, -0.15) is 0 Å². The van der Waals surface area contributed by atoms with E-state index in [1.165, 1.54) is 6.07 Å². The first-order valence-electron chi connectivity index (χ1n) is 9.00. The molecule has 142 valence electrons. The monoisotopic (exact) mass is 431 g/mol. The van der Waals surface area contributed by atoms with Gasteiger partial charge in [0.1, 0.15) is 29.4 Å². The average molecular weight is 432 g/mol. The molecule has 0 radical (unpaired) electrons. The first-order chi connectivity index (χ1) is 13.0. The van der Waals surface area contributed by atoms with Crippen molar-refractivity contribution in [1.29, 1.82) is 5.41 Å². The smallest absolute Gasteiger partial charge is 0.354 e. The molecule has 0 aliphatic heterocycles. The Labute approximate surface area is 166 Å². The van der Waals surface area contributed by atoms with E-state index in [1.54, 1.807) is 30.5 Å². The zero-order valence-corrected chi connectivity index (χ0v) is 16.4. The van der Waals surface area contributed by atoms with Crippen LogP contribution >= 0.6 is 15.9 Å². The van der Waals surface area contributed by atoms with E-state index in [-0.39, 0.29) is 17.6 Å². The number of benzene rings is 1. The van der Waals surface area contributed by atoms with Gasteiger partial charge in [0, 0.05) is 6.20 Å². The molecular formula is C20H22BrN3O3. The molecule has 7 heteroatoms. The molecule has 27 heavy (non-hydrogen) atoms. The molecule has 3 rings (SSSR count). The van der Waals surface area contributed by atoms with Crippen LogP contribution in [-0.4, -0.2) is 27.9 Å². The van der Waals surface area contributed by atoms with Crippen LogP contribution in [-0.2, 0) is 9.53 Å². The average Bonchev–Trinajstić information content (AvgIpc) is 2.69. The fourth-order valence-corrected chi connectivity index (χ4v) is 3.53. The molecule has 1 heterocycles. The number of pyridine rings is 1. The zero-order valence-electron chi connectivity index (χ0n) is 14.8. The van der Waals surface area contributed by atoms with Gasteiger partial charge < -0.3 is 15.2 Å². The van der Waals surface area contributed by atoms with Crippen LogP contribution in [0, 0.1) is 5.41 Å². The van der Waals surface area contributed by atoms with E-state index in [1.807, 2.05) is 6.07 Å². The number of esters is 1. The molecule has 1 atom stereocenters. The summed E-state index contributed by atoms with van der Waals surface area (Å²) in [5.41, 5.74) is 0.458. The highest BCUT2D eigenvalue weighted by molar-refractivity contribution is 9.10. The third-order valence-electron chi connectivity index (χ3n) is 4.60. The van der Waals surface area contributed by atoms with Gasteiger partial charge >= 0.3 is 5.97 Å². The largest absolute Gasteiger partial charge is 0.507 e. The Kier molecular flexibility index (Phi) is 6.45. The SMILES string of the molecule is N=C(C(=O)OC1CCCCC1)C(Nc1ccccn1)c1ccc(O)c(Br)c1. The Morgan fingerprint density at radius 2 is 2.04 bits per heavy atom. The minimum Gasteiger partial charge on any atom is -0.507 e. The summed E-state index contributed by atoms with van der Waals surface area (Å²) < 4.78 is 6.05. The zero-order chi connectivity index (χ0) is 19.2. The van der Waals surface area contributed by atoms with Crippen LogP contribution in [0.2, 0.25) is 0 Å². The van der Waals surface area contributed by atoms with E-state index in [4.69, 9.17) is 10.1 Å². The van der Waals surface area contributed by atoms with Crippen molar-refractivity contribution in [1.82, 2.24) is 4.98 Å². The summed E-state index contributed by atoms with van der Waals surface area (Å²) in [4.78, 5) is 16.8. The minimum atomic E-state index is -0.743. The van der Waals surface area contributed by atoms with Crippen LogP contribution in [0.4, 0.5) is 5.82 Å². The first-order valence-corrected chi connectivity index (χ1v) is 9.79. The predicted octanol–water partition coefficient (Wildman–Crippen LogP) is 4.60. The molecule has 1 saturated carbocycles. The number of carbonyl (C=O) groups is 1. The number of nitrogens with one attached hydrogen (secondary N) is 2. The normalized spacial score (nSPS) is 15.7. The number of aromatic hydroxyl groups is 1. The number of phenols is 1. The van der Waals surface area contributed by atoms with Gasteiger partial charge in [-0.1, -0.05) is 18.6 Å². The molecule has 3 N–H and O–H groups in total. The first kappa shape index (κ1) is 19.4. The molecule has 2 aromatic rings. The third-order valence-corrected chi connectivity index (χ3v) is 5.23. The standard InChI is InChI=1S/C20H22BrN3O3/c21-15-12-13(9-10-16(15)25)19(24-17-8-4-5-11-23-17)18(22)20(26)27-14-6-2-1-3-7-14/h4-5,8-12,14,19,22,25H,1-3,6-7H2,(H,23,24). The lowest BCUT2D eigenvalue weighted by atomic mass is 9.97.